The van der Waals surface area contributed by atoms with Crippen molar-refractivity contribution in [1.29, 1.82) is 0 Å². The SMILES string of the molecule is CC(O)C(N)C(=O)O.CCCCCCCCCCCCCCC(O)C(O)C(N)CO. The van der Waals surface area contributed by atoms with E-state index in [-0.39, 0.29) is 6.61 Å². The number of carboxylic acids is 1. The van der Waals surface area contributed by atoms with Gasteiger partial charge in [0.2, 0.25) is 0 Å². The number of hydrogen-bond acceptors (Lipinski definition) is 7. The zero-order chi connectivity index (χ0) is 23.4. The molecule has 0 aromatic rings. The molecule has 0 aliphatic rings. The molecule has 0 aliphatic carbocycles. The van der Waals surface area contributed by atoms with E-state index in [1.54, 1.807) is 0 Å². The average molecular weight is 437 g/mol. The van der Waals surface area contributed by atoms with Crippen LogP contribution in [0.3, 0.4) is 0 Å². The van der Waals surface area contributed by atoms with E-state index in [2.05, 4.69) is 6.92 Å². The number of hydrogen-bond donors (Lipinski definition) is 7. The van der Waals surface area contributed by atoms with Crippen LogP contribution in [-0.4, -0.2) is 68.5 Å². The summed E-state index contributed by atoms with van der Waals surface area (Å²) in [7, 11) is 0. The normalized spacial score (nSPS) is 16.1. The summed E-state index contributed by atoms with van der Waals surface area (Å²) in [5.74, 6) is -1.18. The number of carboxylic acid groups (broad SMARTS) is 1. The van der Waals surface area contributed by atoms with E-state index in [1.807, 2.05) is 0 Å². The number of carbonyl (C=O) groups is 1. The molecular formula is C22H48N2O6. The molecule has 0 aromatic heterocycles. The molecule has 0 saturated heterocycles. The summed E-state index contributed by atoms with van der Waals surface area (Å²) in [4.78, 5) is 9.86. The molecule has 0 amide bonds. The largest absolute Gasteiger partial charge is 0.480 e. The van der Waals surface area contributed by atoms with Crippen LogP contribution in [0.25, 0.3) is 0 Å². The van der Waals surface area contributed by atoms with Crippen LogP contribution >= 0.6 is 0 Å². The van der Waals surface area contributed by atoms with E-state index in [0.29, 0.717) is 6.42 Å². The van der Waals surface area contributed by atoms with Gasteiger partial charge in [0, 0.05) is 0 Å². The van der Waals surface area contributed by atoms with Crippen LogP contribution in [0.1, 0.15) is 97.3 Å². The Morgan fingerprint density at radius 2 is 1.20 bits per heavy atom. The second-order valence-electron chi connectivity index (χ2n) is 8.19. The molecular weight excluding hydrogens is 388 g/mol. The summed E-state index contributed by atoms with van der Waals surface area (Å²) in [5.41, 5.74) is 10.4. The molecule has 0 heterocycles. The lowest BCUT2D eigenvalue weighted by molar-refractivity contribution is -0.140. The van der Waals surface area contributed by atoms with Crippen molar-refractivity contribution in [2.45, 2.75) is 128 Å². The van der Waals surface area contributed by atoms with Crippen molar-refractivity contribution in [3.63, 3.8) is 0 Å². The van der Waals surface area contributed by atoms with Crippen molar-refractivity contribution < 1.29 is 30.3 Å². The third-order valence-electron chi connectivity index (χ3n) is 5.20. The fraction of sp³-hybridized carbons (Fsp3) is 0.955. The summed E-state index contributed by atoms with van der Waals surface area (Å²) in [6.07, 6.45) is 13.1. The van der Waals surface area contributed by atoms with Crippen molar-refractivity contribution >= 4 is 5.97 Å². The van der Waals surface area contributed by atoms with Crippen LogP contribution in [0.2, 0.25) is 0 Å². The summed E-state index contributed by atoms with van der Waals surface area (Å²) < 4.78 is 0. The molecule has 0 spiro atoms. The quantitative estimate of drug-likeness (QED) is 0.160. The van der Waals surface area contributed by atoms with Crippen LogP contribution in [0.15, 0.2) is 0 Å². The molecule has 0 rings (SSSR count). The molecule has 5 atom stereocenters. The average Bonchev–Trinajstić information content (AvgIpc) is 2.72. The summed E-state index contributed by atoms with van der Waals surface area (Å²) in [6.45, 7) is 3.29. The van der Waals surface area contributed by atoms with Gasteiger partial charge in [0.15, 0.2) is 0 Å². The minimum Gasteiger partial charge on any atom is -0.480 e. The van der Waals surface area contributed by atoms with Crippen LogP contribution in [0.5, 0.6) is 0 Å². The zero-order valence-electron chi connectivity index (χ0n) is 19.1. The first kappa shape index (κ1) is 31.4. The maximum absolute atomic E-state index is 9.86. The Morgan fingerprint density at radius 3 is 1.50 bits per heavy atom. The predicted octanol–water partition coefficient (Wildman–Crippen LogP) is 1.90. The lowest BCUT2D eigenvalue weighted by Crippen LogP contribution is -2.45. The van der Waals surface area contributed by atoms with E-state index in [4.69, 9.17) is 26.8 Å². The Bertz CT molecular complexity index is 385. The Balaban J connectivity index is 0. The van der Waals surface area contributed by atoms with Gasteiger partial charge in [0.25, 0.3) is 0 Å². The monoisotopic (exact) mass is 436 g/mol. The molecule has 9 N–H and O–H groups in total. The Kier molecular flexibility index (Phi) is 22.5. The molecule has 0 aromatic carbocycles. The highest BCUT2D eigenvalue weighted by Gasteiger charge is 2.22. The van der Waals surface area contributed by atoms with Crippen molar-refractivity contribution in [3.8, 4) is 0 Å². The van der Waals surface area contributed by atoms with Crippen LogP contribution in [-0.2, 0) is 4.79 Å². The molecule has 8 nitrogen and oxygen atoms in total. The highest BCUT2D eigenvalue weighted by Crippen LogP contribution is 2.14. The number of rotatable bonds is 18. The van der Waals surface area contributed by atoms with E-state index in [1.165, 1.54) is 71.1 Å². The van der Waals surface area contributed by atoms with Gasteiger partial charge in [-0.05, 0) is 13.3 Å². The fourth-order valence-electron chi connectivity index (χ4n) is 2.96. The van der Waals surface area contributed by atoms with Crippen molar-refractivity contribution in [3.05, 3.63) is 0 Å². The molecule has 0 aliphatic heterocycles. The molecule has 0 radical (unpaired) electrons. The van der Waals surface area contributed by atoms with E-state index >= 15 is 0 Å². The standard InChI is InChI=1S/C18H39NO3.C4H9NO3/c1-2-3-4-5-6-7-8-9-10-11-12-13-14-17(21)18(22)16(19)15-20;1-2(6)3(5)4(7)8/h16-18,20-22H,2-15,19H2,1H3;2-3,6H,5H2,1H3,(H,7,8). The van der Waals surface area contributed by atoms with Gasteiger partial charge in [-0.3, -0.25) is 4.79 Å². The summed E-state index contributed by atoms with van der Waals surface area (Å²) in [6, 6.07) is -1.90. The first-order chi connectivity index (χ1) is 14.2. The topological polar surface area (TPSA) is 170 Å². The minimum absolute atomic E-state index is 0.295. The third kappa shape index (κ3) is 19.2. The fourth-order valence-corrected chi connectivity index (χ4v) is 2.96. The second-order valence-corrected chi connectivity index (χ2v) is 8.19. The van der Waals surface area contributed by atoms with Gasteiger partial charge in [-0.1, -0.05) is 84.0 Å². The maximum atomic E-state index is 9.86. The number of unbranched alkanes of at least 4 members (excludes halogenated alkanes) is 11. The van der Waals surface area contributed by atoms with Crippen LogP contribution in [0.4, 0.5) is 0 Å². The molecule has 0 fully saturated rings. The van der Waals surface area contributed by atoms with Gasteiger partial charge in [-0.25, -0.2) is 0 Å². The molecule has 182 valence electrons. The number of aliphatic carboxylic acids is 1. The first-order valence-electron chi connectivity index (χ1n) is 11.6. The zero-order valence-corrected chi connectivity index (χ0v) is 19.1. The minimum atomic E-state index is -1.18. The smallest absolute Gasteiger partial charge is 0.323 e. The lowest BCUT2D eigenvalue weighted by atomic mass is 10.00. The molecule has 0 bridgehead atoms. The summed E-state index contributed by atoms with van der Waals surface area (Å²) in [5, 5.41) is 44.8. The van der Waals surface area contributed by atoms with Gasteiger partial charge in [0.1, 0.15) is 6.04 Å². The van der Waals surface area contributed by atoms with Gasteiger partial charge < -0.3 is 37.0 Å². The molecule has 0 saturated carbocycles. The van der Waals surface area contributed by atoms with Gasteiger partial charge in [-0.2, -0.15) is 0 Å². The van der Waals surface area contributed by atoms with Crippen molar-refractivity contribution in [2.75, 3.05) is 6.61 Å². The van der Waals surface area contributed by atoms with E-state index in [9.17, 15) is 15.0 Å². The predicted molar refractivity (Wildman–Crippen MR) is 120 cm³/mol. The number of aliphatic hydroxyl groups excluding tert-OH is 4. The lowest BCUT2D eigenvalue weighted by Gasteiger charge is -2.22. The van der Waals surface area contributed by atoms with Gasteiger partial charge in [0.05, 0.1) is 31.0 Å². The van der Waals surface area contributed by atoms with E-state index < -0.39 is 36.4 Å². The van der Waals surface area contributed by atoms with Crippen molar-refractivity contribution in [1.82, 2.24) is 0 Å². The van der Waals surface area contributed by atoms with E-state index in [0.717, 1.165) is 12.8 Å². The highest BCUT2D eigenvalue weighted by atomic mass is 16.4. The molecule has 5 unspecified atom stereocenters. The summed E-state index contributed by atoms with van der Waals surface area (Å²) >= 11 is 0. The van der Waals surface area contributed by atoms with Crippen LogP contribution in [0, 0.1) is 0 Å². The third-order valence-corrected chi connectivity index (χ3v) is 5.20. The number of nitrogens with two attached hydrogens (primary N) is 2. The van der Waals surface area contributed by atoms with Gasteiger partial charge >= 0.3 is 5.97 Å². The molecule has 30 heavy (non-hydrogen) atoms. The van der Waals surface area contributed by atoms with Crippen LogP contribution < -0.4 is 11.5 Å². The Hall–Kier alpha value is -0.770. The first-order valence-corrected chi connectivity index (χ1v) is 11.6. The highest BCUT2D eigenvalue weighted by molar-refractivity contribution is 5.73. The Labute approximate surface area is 182 Å². The van der Waals surface area contributed by atoms with Gasteiger partial charge in [-0.15, -0.1) is 0 Å². The maximum Gasteiger partial charge on any atom is 0.323 e. The number of aliphatic hydroxyl groups is 4. The molecule has 8 heteroatoms. The van der Waals surface area contributed by atoms with Crippen molar-refractivity contribution in [2.24, 2.45) is 11.5 Å². The second kappa shape index (κ2) is 21.5. The Morgan fingerprint density at radius 1 is 0.800 bits per heavy atom.